The Morgan fingerprint density at radius 1 is 0.941 bits per heavy atom. The number of nitrogens with one attached hydrogen (secondary N) is 1. The molecule has 1 saturated heterocycles. The molecule has 3 aromatic rings. The zero-order valence-corrected chi connectivity index (χ0v) is 18.9. The van der Waals surface area contributed by atoms with Crippen LogP contribution in [0.3, 0.4) is 0 Å². The Kier molecular flexibility index (Phi) is 6.80. The number of hydrogen-bond donors (Lipinski definition) is 2. The lowest BCUT2D eigenvalue weighted by Gasteiger charge is -2.36. The van der Waals surface area contributed by atoms with Gasteiger partial charge < -0.3 is 10.0 Å². The first-order valence-corrected chi connectivity index (χ1v) is 12.1. The Balaban J connectivity index is 1.47. The maximum atomic E-state index is 13.9. The molecule has 1 fully saturated rings. The number of aromatic carboxylic acids is 1. The van der Waals surface area contributed by atoms with E-state index in [1.54, 1.807) is 24.3 Å². The first-order chi connectivity index (χ1) is 16.2. The summed E-state index contributed by atoms with van der Waals surface area (Å²) in [4.78, 5) is 15.8. The van der Waals surface area contributed by atoms with Crippen LogP contribution in [0.15, 0.2) is 71.6 Å². The highest BCUT2D eigenvalue weighted by Gasteiger charge is 2.22. The van der Waals surface area contributed by atoms with E-state index >= 15 is 0 Å². The summed E-state index contributed by atoms with van der Waals surface area (Å²) in [5, 5.41) is 9.68. The van der Waals surface area contributed by atoms with Crippen molar-refractivity contribution in [3.8, 4) is 0 Å². The van der Waals surface area contributed by atoms with Crippen LogP contribution in [0.4, 0.5) is 20.2 Å². The van der Waals surface area contributed by atoms with Gasteiger partial charge in [0.25, 0.3) is 10.0 Å². The van der Waals surface area contributed by atoms with Crippen LogP contribution in [-0.4, -0.2) is 50.6 Å². The Morgan fingerprint density at radius 2 is 1.62 bits per heavy atom. The maximum absolute atomic E-state index is 13.9. The highest BCUT2D eigenvalue weighted by Crippen LogP contribution is 2.27. The smallest absolute Gasteiger partial charge is 0.337 e. The van der Waals surface area contributed by atoms with Crippen LogP contribution >= 0.6 is 0 Å². The molecule has 0 amide bonds. The van der Waals surface area contributed by atoms with E-state index in [1.807, 2.05) is 4.90 Å². The normalized spacial score (nSPS) is 14.7. The van der Waals surface area contributed by atoms with Crippen molar-refractivity contribution in [2.75, 3.05) is 35.8 Å². The van der Waals surface area contributed by atoms with Gasteiger partial charge in [-0.1, -0.05) is 18.2 Å². The lowest BCUT2D eigenvalue weighted by molar-refractivity contribution is 0.0698. The number of sulfonamides is 1. The SMILES string of the molecule is O=C(O)c1cc(N2CCN(Cc3ccccc3F)CC2)ccc1NS(=O)(=O)c1ccc(F)cc1. The predicted molar refractivity (Wildman–Crippen MR) is 124 cm³/mol. The number of hydrogen-bond acceptors (Lipinski definition) is 5. The second kappa shape index (κ2) is 9.78. The van der Waals surface area contributed by atoms with Crippen molar-refractivity contribution in [2.24, 2.45) is 0 Å². The van der Waals surface area contributed by atoms with Crippen molar-refractivity contribution >= 4 is 27.4 Å². The van der Waals surface area contributed by atoms with Gasteiger partial charge >= 0.3 is 5.97 Å². The molecule has 0 aromatic heterocycles. The lowest BCUT2D eigenvalue weighted by Crippen LogP contribution is -2.46. The molecule has 4 rings (SSSR count). The molecule has 34 heavy (non-hydrogen) atoms. The summed E-state index contributed by atoms with van der Waals surface area (Å²) < 4.78 is 54.6. The van der Waals surface area contributed by atoms with Crippen LogP contribution in [0.25, 0.3) is 0 Å². The molecule has 1 aliphatic rings. The van der Waals surface area contributed by atoms with Gasteiger partial charge in [-0.2, -0.15) is 0 Å². The van der Waals surface area contributed by atoms with Gasteiger partial charge in [-0.15, -0.1) is 0 Å². The van der Waals surface area contributed by atoms with Crippen molar-refractivity contribution in [3.63, 3.8) is 0 Å². The highest BCUT2D eigenvalue weighted by molar-refractivity contribution is 7.92. The fraction of sp³-hybridized carbons (Fsp3) is 0.208. The number of halogens is 2. The Morgan fingerprint density at radius 3 is 2.26 bits per heavy atom. The van der Waals surface area contributed by atoms with E-state index in [1.165, 1.54) is 18.2 Å². The number of benzene rings is 3. The third kappa shape index (κ3) is 5.35. The molecule has 7 nitrogen and oxygen atoms in total. The third-order valence-corrected chi connectivity index (χ3v) is 7.07. The fourth-order valence-corrected chi connectivity index (χ4v) is 4.92. The zero-order chi connectivity index (χ0) is 24.3. The van der Waals surface area contributed by atoms with Gasteiger partial charge in [0.1, 0.15) is 11.6 Å². The van der Waals surface area contributed by atoms with Gasteiger partial charge in [-0.25, -0.2) is 22.0 Å². The maximum Gasteiger partial charge on any atom is 0.337 e. The molecule has 1 heterocycles. The molecular weight excluding hydrogens is 464 g/mol. The summed E-state index contributed by atoms with van der Waals surface area (Å²) >= 11 is 0. The minimum absolute atomic E-state index is 0.0845. The molecule has 10 heteroatoms. The summed E-state index contributed by atoms with van der Waals surface area (Å²) in [6.07, 6.45) is 0. The van der Waals surface area contributed by atoms with Gasteiger partial charge in [-0.3, -0.25) is 9.62 Å². The molecule has 0 spiro atoms. The van der Waals surface area contributed by atoms with Crippen LogP contribution in [0.2, 0.25) is 0 Å². The summed E-state index contributed by atoms with van der Waals surface area (Å²) in [6, 6.07) is 15.4. The summed E-state index contributed by atoms with van der Waals surface area (Å²) in [7, 11) is -4.10. The number of rotatable bonds is 7. The molecule has 0 bridgehead atoms. The van der Waals surface area contributed by atoms with Gasteiger partial charge in [0.2, 0.25) is 0 Å². The highest BCUT2D eigenvalue weighted by atomic mass is 32.2. The van der Waals surface area contributed by atoms with Crippen LogP contribution in [0, 0.1) is 11.6 Å². The van der Waals surface area contributed by atoms with E-state index in [0.717, 1.165) is 24.3 Å². The predicted octanol–water partition coefficient (Wildman–Crippen LogP) is 3.79. The first kappa shape index (κ1) is 23.7. The lowest BCUT2D eigenvalue weighted by atomic mass is 10.1. The standard InChI is InChI=1S/C24H23F2N3O4S/c25-18-5-8-20(9-6-18)34(32,33)27-23-10-7-19(15-21(23)24(30)31)29-13-11-28(12-14-29)16-17-3-1-2-4-22(17)26/h1-10,15,27H,11-14,16H2,(H,30,31). The van der Waals surface area contributed by atoms with Crippen molar-refractivity contribution in [1.29, 1.82) is 0 Å². The van der Waals surface area contributed by atoms with Crippen molar-refractivity contribution in [1.82, 2.24) is 4.90 Å². The van der Waals surface area contributed by atoms with Crippen LogP contribution in [-0.2, 0) is 16.6 Å². The molecule has 0 radical (unpaired) electrons. The topological polar surface area (TPSA) is 89.9 Å². The van der Waals surface area contributed by atoms with Crippen molar-refractivity contribution < 1.29 is 27.1 Å². The fourth-order valence-electron chi connectivity index (χ4n) is 3.84. The second-order valence-corrected chi connectivity index (χ2v) is 9.63. The molecule has 0 saturated carbocycles. The quantitative estimate of drug-likeness (QED) is 0.527. The first-order valence-electron chi connectivity index (χ1n) is 10.6. The van der Waals surface area contributed by atoms with Crippen molar-refractivity contribution in [3.05, 3.63) is 89.5 Å². The molecule has 2 N–H and O–H groups in total. The van der Waals surface area contributed by atoms with E-state index in [2.05, 4.69) is 9.62 Å². The Hall–Kier alpha value is -3.50. The molecule has 0 atom stereocenters. The van der Waals surface area contributed by atoms with Crippen LogP contribution < -0.4 is 9.62 Å². The van der Waals surface area contributed by atoms with E-state index in [4.69, 9.17) is 0 Å². The van der Waals surface area contributed by atoms with Crippen LogP contribution in [0.1, 0.15) is 15.9 Å². The number of carboxylic acids is 1. The molecule has 178 valence electrons. The second-order valence-electron chi connectivity index (χ2n) is 7.95. The number of piperazine rings is 1. The van der Waals surface area contributed by atoms with E-state index in [-0.39, 0.29) is 22.0 Å². The average Bonchev–Trinajstić information content (AvgIpc) is 2.81. The van der Waals surface area contributed by atoms with E-state index < -0.39 is 21.8 Å². The molecule has 1 aliphatic heterocycles. The summed E-state index contributed by atoms with van der Waals surface area (Å²) in [5.41, 5.74) is 0.991. The monoisotopic (exact) mass is 487 g/mol. The minimum atomic E-state index is -4.10. The molecule has 0 unspecified atom stereocenters. The number of anilines is 2. The van der Waals surface area contributed by atoms with Gasteiger partial charge in [-0.05, 0) is 48.5 Å². The Labute approximate surface area is 196 Å². The van der Waals surface area contributed by atoms with Crippen molar-refractivity contribution in [2.45, 2.75) is 11.4 Å². The Bertz CT molecular complexity index is 1290. The molecular formula is C24H23F2N3O4S. The van der Waals surface area contributed by atoms with Gasteiger partial charge in [0.15, 0.2) is 0 Å². The summed E-state index contributed by atoms with van der Waals surface area (Å²) in [6.45, 7) is 3.03. The average molecular weight is 488 g/mol. The molecule has 3 aromatic carbocycles. The van der Waals surface area contributed by atoms with Gasteiger partial charge in [0.05, 0.1) is 16.1 Å². The zero-order valence-electron chi connectivity index (χ0n) is 18.1. The largest absolute Gasteiger partial charge is 0.478 e. The van der Waals surface area contributed by atoms with E-state index in [0.29, 0.717) is 44.0 Å². The number of carboxylic acid groups (broad SMARTS) is 1. The number of nitrogens with zero attached hydrogens (tertiary/aromatic N) is 2. The third-order valence-electron chi connectivity index (χ3n) is 5.69. The van der Waals surface area contributed by atoms with E-state index in [9.17, 15) is 27.1 Å². The van der Waals surface area contributed by atoms with Crippen LogP contribution in [0.5, 0.6) is 0 Å². The van der Waals surface area contributed by atoms with Gasteiger partial charge in [0, 0.05) is 44.0 Å². The molecule has 0 aliphatic carbocycles. The number of carbonyl (C=O) groups is 1. The summed E-state index contributed by atoms with van der Waals surface area (Å²) in [5.74, 6) is -2.10. The minimum Gasteiger partial charge on any atom is -0.478 e.